The van der Waals surface area contributed by atoms with Gasteiger partial charge < -0.3 is 11.1 Å². The van der Waals surface area contributed by atoms with E-state index < -0.39 is 0 Å². The molecular weight excluding hydrogens is 216 g/mol. The van der Waals surface area contributed by atoms with Crippen LogP contribution in [-0.4, -0.2) is 22.2 Å². The average Bonchev–Trinajstić information content (AvgIpc) is 2.62. The fourth-order valence-corrected chi connectivity index (χ4v) is 1.87. The Labute approximate surface area is 102 Å². The van der Waals surface area contributed by atoms with Crippen LogP contribution in [0.15, 0.2) is 12.3 Å². The van der Waals surface area contributed by atoms with Crippen LogP contribution in [0.5, 0.6) is 0 Å². The van der Waals surface area contributed by atoms with Crippen LogP contribution in [0.3, 0.4) is 0 Å². The molecule has 5 nitrogen and oxygen atoms in total. The molecule has 3 N–H and O–H groups in total. The summed E-state index contributed by atoms with van der Waals surface area (Å²) in [6, 6.07) is 1.78. The average molecular weight is 238 g/mol. The number of hydrogen-bond donors (Lipinski definition) is 2. The number of carbonyl (C=O) groups excluding carboxylic acids is 1. The summed E-state index contributed by atoms with van der Waals surface area (Å²) in [5.74, 6) is 1.39. The van der Waals surface area contributed by atoms with E-state index in [1.165, 1.54) is 0 Å². The van der Waals surface area contributed by atoms with Crippen molar-refractivity contribution >= 4 is 11.7 Å². The topological polar surface area (TPSA) is 72.9 Å². The second-order valence-corrected chi connectivity index (χ2v) is 4.86. The zero-order chi connectivity index (χ0) is 12.8. The Morgan fingerprint density at radius 3 is 2.76 bits per heavy atom. The number of rotatable bonds is 6. The molecule has 1 aromatic rings. The Kier molecular flexibility index (Phi) is 5.15. The molecule has 0 aliphatic rings. The van der Waals surface area contributed by atoms with Crippen LogP contribution in [0.1, 0.15) is 26.7 Å². The van der Waals surface area contributed by atoms with E-state index in [2.05, 4.69) is 24.3 Å². The Bertz CT molecular complexity index is 359. The zero-order valence-corrected chi connectivity index (χ0v) is 10.8. The molecule has 0 aliphatic carbocycles. The van der Waals surface area contributed by atoms with Gasteiger partial charge in [-0.05, 0) is 24.8 Å². The number of aromatic nitrogens is 2. The maximum Gasteiger partial charge on any atom is 0.225 e. The molecule has 17 heavy (non-hydrogen) atoms. The molecule has 1 unspecified atom stereocenters. The molecule has 1 rings (SSSR count). The van der Waals surface area contributed by atoms with Crippen LogP contribution in [0.4, 0.5) is 5.82 Å². The van der Waals surface area contributed by atoms with Crippen molar-refractivity contribution in [3.05, 3.63) is 12.3 Å². The Balaban J connectivity index is 2.42. The van der Waals surface area contributed by atoms with Crippen molar-refractivity contribution in [3.8, 4) is 0 Å². The van der Waals surface area contributed by atoms with Crippen molar-refractivity contribution in [2.24, 2.45) is 24.6 Å². The van der Waals surface area contributed by atoms with E-state index in [-0.39, 0.29) is 11.8 Å². The van der Waals surface area contributed by atoms with Crippen LogP contribution < -0.4 is 11.1 Å². The molecule has 0 aliphatic heterocycles. The number of nitrogens with zero attached hydrogens (tertiary/aromatic N) is 2. The third-order valence-electron chi connectivity index (χ3n) is 2.59. The number of amides is 1. The highest BCUT2D eigenvalue weighted by atomic mass is 16.1. The van der Waals surface area contributed by atoms with E-state index in [0.717, 1.165) is 6.42 Å². The molecule has 5 heteroatoms. The van der Waals surface area contributed by atoms with Gasteiger partial charge in [-0.1, -0.05) is 13.8 Å². The van der Waals surface area contributed by atoms with Gasteiger partial charge in [0.2, 0.25) is 5.91 Å². The predicted molar refractivity (Wildman–Crippen MR) is 68.5 cm³/mol. The van der Waals surface area contributed by atoms with Gasteiger partial charge in [0.15, 0.2) is 5.82 Å². The van der Waals surface area contributed by atoms with Crippen LogP contribution in [0.25, 0.3) is 0 Å². The van der Waals surface area contributed by atoms with E-state index in [1.54, 1.807) is 16.9 Å². The molecule has 0 aromatic carbocycles. The van der Waals surface area contributed by atoms with E-state index in [9.17, 15) is 4.79 Å². The molecule has 1 aromatic heterocycles. The second-order valence-electron chi connectivity index (χ2n) is 4.86. The molecular formula is C12H22N4O. The summed E-state index contributed by atoms with van der Waals surface area (Å²) in [6.45, 7) is 4.83. The maximum atomic E-state index is 11.8. The lowest BCUT2D eigenvalue weighted by Gasteiger charge is -2.16. The van der Waals surface area contributed by atoms with Gasteiger partial charge in [0.1, 0.15) is 0 Å². The van der Waals surface area contributed by atoms with Gasteiger partial charge in [-0.25, -0.2) is 0 Å². The maximum absolute atomic E-state index is 11.8. The predicted octanol–water partition coefficient (Wildman–Crippen LogP) is 1.37. The molecule has 0 spiro atoms. The number of anilines is 1. The fraction of sp³-hybridized carbons (Fsp3) is 0.667. The summed E-state index contributed by atoms with van der Waals surface area (Å²) < 4.78 is 1.66. The van der Waals surface area contributed by atoms with Gasteiger partial charge in [-0.15, -0.1) is 0 Å². The summed E-state index contributed by atoms with van der Waals surface area (Å²) >= 11 is 0. The molecule has 0 bridgehead atoms. The quantitative estimate of drug-likeness (QED) is 0.786. The number of nitrogens with two attached hydrogens (primary N) is 1. The molecule has 0 fully saturated rings. The van der Waals surface area contributed by atoms with Crippen LogP contribution in [0.2, 0.25) is 0 Å². The van der Waals surface area contributed by atoms with E-state index in [4.69, 9.17) is 5.73 Å². The lowest BCUT2D eigenvalue weighted by atomic mass is 9.94. The van der Waals surface area contributed by atoms with Crippen molar-refractivity contribution in [3.63, 3.8) is 0 Å². The van der Waals surface area contributed by atoms with Gasteiger partial charge in [0.25, 0.3) is 0 Å². The lowest BCUT2D eigenvalue weighted by Crippen LogP contribution is -2.23. The van der Waals surface area contributed by atoms with Gasteiger partial charge in [0.05, 0.1) is 0 Å². The van der Waals surface area contributed by atoms with E-state index in [0.29, 0.717) is 24.7 Å². The smallest absolute Gasteiger partial charge is 0.225 e. The molecule has 0 radical (unpaired) electrons. The number of nitrogens with one attached hydrogen (secondary N) is 1. The standard InChI is InChI=1S/C12H22N4O/c1-9(2)6-10(8-13)7-12(17)14-11-4-5-16(3)15-11/h4-5,9-10H,6-8,13H2,1-3H3,(H,14,15,17). The van der Waals surface area contributed by atoms with Crippen LogP contribution in [0, 0.1) is 11.8 Å². The molecule has 0 saturated carbocycles. The number of aryl methyl sites for hydroxylation is 1. The summed E-state index contributed by atoms with van der Waals surface area (Å²) in [6.07, 6.45) is 3.24. The Morgan fingerprint density at radius 2 is 2.29 bits per heavy atom. The minimum Gasteiger partial charge on any atom is -0.330 e. The second kappa shape index (κ2) is 6.39. The van der Waals surface area contributed by atoms with Crippen molar-refractivity contribution in [1.82, 2.24) is 9.78 Å². The SMILES string of the molecule is CC(C)CC(CN)CC(=O)Nc1ccn(C)n1. The number of carbonyl (C=O) groups is 1. The van der Waals surface area contributed by atoms with E-state index in [1.807, 2.05) is 7.05 Å². The summed E-state index contributed by atoms with van der Waals surface area (Å²) in [5, 5.41) is 6.87. The highest BCUT2D eigenvalue weighted by molar-refractivity contribution is 5.89. The molecule has 1 heterocycles. The summed E-state index contributed by atoms with van der Waals surface area (Å²) in [7, 11) is 1.82. The van der Waals surface area contributed by atoms with Crippen LogP contribution >= 0.6 is 0 Å². The molecule has 0 saturated heterocycles. The first kappa shape index (κ1) is 13.7. The molecule has 1 atom stereocenters. The zero-order valence-electron chi connectivity index (χ0n) is 10.8. The monoisotopic (exact) mass is 238 g/mol. The highest BCUT2D eigenvalue weighted by Gasteiger charge is 2.14. The van der Waals surface area contributed by atoms with Gasteiger partial charge >= 0.3 is 0 Å². The Hall–Kier alpha value is -1.36. The lowest BCUT2D eigenvalue weighted by molar-refractivity contribution is -0.117. The van der Waals surface area contributed by atoms with Crippen molar-refractivity contribution in [2.45, 2.75) is 26.7 Å². The first-order valence-electron chi connectivity index (χ1n) is 6.00. The fourth-order valence-electron chi connectivity index (χ4n) is 1.87. The number of hydrogen-bond acceptors (Lipinski definition) is 3. The van der Waals surface area contributed by atoms with Gasteiger partial charge in [0, 0.05) is 25.7 Å². The van der Waals surface area contributed by atoms with E-state index >= 15 is 0 Å². The third-order valence-corrected chi connectivity index (χ3v) is 2.59. The van der Waals surface area contributed by atoms with Crippen molar-refractivity contribution in [1.29, 1.82) is 0 Å². The minimum atomic E-state index is -0.0141. The minimum absolute atomic E-state index is 0.0141. The third kappa shape index (κ3) is 4.99. The van der Waals surface area contributed by atoms with Gasteiger partial charge in [-0.3, -0.25) is 9.48 Å². The van der Waals surface area contributed by atoms with Gasteiger partial charge in [-0.2, -0.15) is 5.10 Å². The van der Waals surface area contributed by atoms with Crippen molar-refractivity contribution < 1.29 is 4.79 Å². The first-order chi connectivity index (χ1) is 8.01. The largest absolute Gasteiger partial charge is 0.330 e. The molecule has 1 amide bonds. The normalized spacial score (nSPS) is 12.8. The van der Waals surface area contributed by atoms with Crippen LogP contribution in [-0.2, 0) is 11.8 Å². The summed E-state index contributed by atoms with van der Waals surface area (Å²) in [4.78, 5) is 11.8. The van der Waals surface area contributed by atoms with Crippen molar-refractivity contribution in [2.75, 3.05) is 11.9 Å². The highest BCUT2D eigenvalue weighted by Crippen LogP contribution is 2.15. The summed E-state index contributed by atoms with van der Waals surface area (Å²) in [5.41, 5.74) is 5.67. The Morgan fingerprint density at radius 1 is 1.59 bits per heavy atom. The first-order valence-corrected chi connectivity index (χ1v) is 6.00. The molecule has 96 valence electrons.